The SMILES string of the molecule is O=C(O)C1(c2cccnc2Cl)CCOCC1. The summed E-state index contributed by atoms with van der Waals surface area (Å²) in [5.74, 6) is -0.856. The highest BCUT2D eigenvalue weighted by atomic mass is 35.5. The quantitative estimate of drug-likeness (QED) is 0.803. The van der Waals surface area contributed by atoms with Crippen molar-refractivity contribution >= 4 is 17.6 Å². The van der Waals surface area contributed by atoms with Crippen molar-refractivity contribution in [2.75, 3.05) is 13.2 Å². The van der Waals surface area contributed by atoms with Crippen LogP contribution >= 0.6 is 11.6 Å². The lowest BCUT2D eigenvalue weighted by Crippen LogP contribution is -2.41. The Balaban J connectivity index is 2.47. The van der Waals surface area contributed by atoms with Crippen molar-refractivity contribution in [3.8, 4) is 0 Å². The normalized spacial score (nSPS) is 19.3. The molecule has 1 N–H and O–H groups in total. The van der Waals surface area contributed by atoms with E-state index in [1.54, 1.807) is 18.3 Å². The summed E-state index contributed by atoms with van der Waals surface area (Å²) >= 11 is 5.98. The fourth-order valence-corrected chi connectivity index (χ4v) is 2.36. The highest BCUT2D eigenvalue weighted by molar-refractivity contribution is 6.30. The zero-order valence-electron chi connectivity index (χ0n) is 8.65. The van der Waals surface area contributed by atoms with Crippen LogP contribution in [0.3, 0.4) is 0 Å². The maximum absolute atomic E-state index is 11.5. The van der Waals surface area contributed by atoms with Gasteiger partial charge in [0.25, 0.3) is 0 Å². The monoisotopic (exact) mass is 241 g/mol. The Morgan fingerprint density at radius 2 is 2.19 bits per heavy atom. The molecule has 1 aliphatic heterocycles. The van der Waals surface area contributed by atoms with E-state index >= 15 is 0 Å². The number of pyridine rings is 1. The van der Waals surface area contributed by atoms with Crippen molar-refractivity contribution in [2.45, 2.75) is 18.3 Å². The Morgan fingerprint density at radius 1 is 1.50 bits per heavy atom. The van der Waals surface area contributed by atoms with Crippen molar-refractivity contribution in [1.29, 1.82) is 0 Å². The molecule has 0 saturated carbocycles. The van der Waals surface area contributed by atoms with Crippen molar-refractivity contribution in [2.24, 2.45) is 0 Å². The number of halogens is 1. The Bertz CT molecular complexity index is 402. The molecule has 4 nitrogen and oxygen atoms in total. The molecule has 0 aliphatic carbocycles. The number of hydrogen-bond donors (Lipinski definition) is 1. The van der Waals surface area contributed by atoms with Crippen LogP contribution in [-0.4, -0.2) is 29.3 Å². The molecular formula is C11H12ClNO3. The number of carboxylic acid groups (broad SMARTS) is 1. The second-order valence-electron chi connectivity index (χ2n) is 3.84. The molecule has 0 atom stereocenters. The second kappa shape index (κ2) is 4.39. The molecule has 0 aromatic carbocycles. The van der Waals surface area contributed by atoms with Crippen LogP contribution in [0.1, 0.15) is 18.4 Å². The number of aromatic nitrogens is 1. The second-order valence-corrected chi connectivity index (χ2v) is 4.20. The lowest BCUT2D eigenvalue weighted by atomic mass is 9.75. The predicted molar refractivity (Wildman–Crippen MR) is 58.6 cm³/mol. The van der Waals surface area contributed by atoms with E-state index in [0.29, 0.717) is 31.6 Å². The number of aliphatic carboxylic acids is 1. The maximum Gasteiger partial charge on any atom is 0.314 e. The molecule has 0 unspecified atom stereocenters. The minimum Gasteiger partial charge on any atom is -0.481 e. The molecule has 1 aromatic heterocycles. The first-order valence-electron chi connectivity index (χ1n) is 5.09. The van der Waals surface area contributed by atoms with Gasteiger partial charge in [0.1, 0.15) is 10.6 Å². The zero-order chi connectivity index (χ0) is 11.6. The largest absolute Gasteiger partial charge is 0.481 e. The van der Waals surface area contributed by atoms with Crippen molar-refractivity contribution in [3.05, 3.63) is 29.0 Å². The Kier molecular flexibility index (Phi) is 3.12. The summed E-state index contributed by atoms with van der Waals surface area (Å²) in [5.41, 5.74) is -0.351. The van der Waals surface area contributed by atoms with Crippen LogP contribution in [0.2, 0.25) is 5.15 Å². The summed E-state index contributed by atoms with van der Waals surface area (Å²) in [6.45, 7) is 0.884. The number of rotatable bonds is 2. The van der Waals surface area contributed by atoms with Crippen LogP contribution in [0, 0.1) is 0 Å². The van der Waals surface area contributed by atoms with E-state index in [1.807, 2.05) is 0 Å². The molecular weight excluding hydrogens is 230 g/mol. The molecule has 0 radical (unpaired) electrons. The van der Waals surface area contributed by atoms with Gasteiger partial charge >= 0.3 is 5.97 Å². The minimum absolute atomic E-state index is 0.270. The standard InChI is InChI=1S/C11H12ClNO3/c12-9-8(2-1-5-13-9)11(10(14)15)3-6-16-7-4-11/h1-2,5H,3-4,6-7H2,(H,14,15). The molecule has 1 saturated heterocycles. The number of nitrogens with zero attached hydrogens (tertiary/aromatic N) is 1. The number of hydrogen-bond acceptors (Lipinski definition) is 3. The summed E-state index contributed by atoms with van der Waals surface area (Å²) in [6.07, 6.45) is 2.43. The van der Waals surface area contributed by atoms with Crippen molar-refractivity contribution in [3.63, 3.8) is 0 Å². The van der Waals surface area contributed by atoms with Crippen molar-refractivity contribution < 1.29 is 14.6 Å². The Hall–Kier alpha value is -1.13. The van der Waals surface area contributed by atoms with Crippen LogP contribution in [0.15, 0.2) is 18.3 Å². The molecule has 2 heterocycles. The zero-order valence-corrected chi connectivity index (χ0v) is 9.41. The molecule has 86 valence electrons. The molecule has 1 aliphatic rings. The van der Waals surface area contributed by atoms with Crippen molar-refractivity contribution in [1.82, 2.24) is 4.98 Å². The van der Waals surface area contributed by atoms with Gasteiger partial charge in [-0.25, -0.2) is 4.98 Å². The van der Waals surface area contributed by atoms with Gasteiger partial charge in [0.15, 0.2) is 0 Å². The van der Waals surface area contributed by atoms with E-state index in [-0.39, 0.29) is 5.15 Å². The van der Waals surface area contributed by atoms with E-state index in [1.165, 1.54) is 0 Å². The van der Waals surface area contributed by atoms with Crippen LogP contribution in [0.4, 0.5) is 0 Å². The van der Waals surface area contributed by atoms with Gasteiger partial charge < -0.3 is 9.84 Å². The van der Waals surface area contributed by atoms with Crippen LogP contribution in [0.25, 0.3) is 0 Å². The molecule has 5 heteroatoms. The molecule has 0 amide bonds. The summed E-state index contributed by atoms with van der Waals surface area (Å²) in [7, 11) is 0. The summed E-state index contributed by atoms with van der Waals surface area (Å²) in [4.78, 5) is 15.4. The summed E-state index contributed by atoms with van der Waals surface area (Å²) in [6, 6.07) is 3.44. The van der Waals surface area contributed by atoms with E-state index in [9.17, 15) is 9.90 Å². The van der Waals surface area contributed by atoms with E-state index < -0.39 is 11.4 Å². The number of carboxylic acids is 1. The van der Waals surface area contributed by atoms with E-state index in [0.717, 1.165) is 0 Å². The summed E-state index contributed by atoms with van der Waals surface area (Å²) < 4.78 is 5.21. The molecule has 0 spiro atoms. The lowest BCUT2D eigenvalue weighted by molar-refractivity contribution is -0.147. The highest BCUT2D eigenvalue weighted by Crippen LogP contribution is 2.37. The molecule has 16 heavy (non-hydrogen) atoms. The van der Waals surface area contributed by atoms with Gasteiger partial charge in [-0.05, 0) is 18.9 Å². The van der Waals surface area contributed by atoms with Gasteiger partial charge in [0.05, 0.1) is 0 Å². The number of ether oxygens (including phenoxy) is 1. The van der Waals surface area contributed by atoms with E-state index in [4.69, 9.17) is 16.3 Å². The molecule has 1 fully saturated rings. The minimum atomic E-state index is -0.941. The molecule has 0 bridgehead atoms. The van der Waals surface area contributed by atoms with Gasteiger partial charge in [0, 0.05) is 25.0 Å². The fourth-order valence-electron chi connectivity index (χ4n) is 2.06. The average molecular weight is 242 g/mol. The smallest absolute Gasteiger partial charge is 0.314 e. The average Bonchev–Trinajstić information content (AvgIpc) is 2.30. The highest BCUT2D eigenvalue weighted by Gasteiger charge is 2.43. The van der Waals surface area contributed by atoms with E-state index in [2.05, 4.69) is 4.98 Å². The lowest BCUT2D eigenvalue weighted by Gasteiger charge is -2.33. The van der Waals surface area contributed by atoms with Gasteiger partial charge in [-0.1, -0.05) is 17.7 Å². The third kappa shape index (κ3) is 1.79. The van der Waals surface area contributed by atoms with Gasteiger partial charge in [-0.2, -0.15) is 0 Å². The van der Waals surface area contributed by atoms with Crippen LogP contribution < -0.4 is 0 Å². The first-order valence-corrected chi connectivity index (χ1v) is 5.47. The summed E-state index contributed by atoms with van der Waals surface area (Å²) in [5, 5.41) is 9.69. The Labute approximate surface area is 98.2 Å². The third-order valence-corrected chi connectivity index (χ3v) is 3.33. The third-order valence-electron chi connectivity index (χ3n) is 3.03. The van der Waals surface area contributed by atoms with Gasteiger partial charge in [-0.15, -0.1) is 0 Å². The first-order chi connectivity index (χ1) is 7.67. The maximum atomic E-state index is 11.5. The van der Waals surface area contributed by atoms with Crippen LogP contribution in [-0.2, 0) is 14.9 Å². The Morgan fingerprint density at radius 3 is 2.75 bits per heavy atom. The topological polar surface area (TPSA) is 59.4 Å². The first kappa shape index (κ1) is 11.4. The van der Waals surface area contributed by atoms with Crippen LogP contribution in [0.5, 0.6) is 0 Å². The molecule has 2 rings (SSSR count). The molecule has 1 aromatic rings. The predicted octanol–water partition coefficient (Wildman–Crippen LogP) is 1.87. The van der Waals surface area contributed by atoms with Gasteiger partial charge in [0.2, 0.25) is 0 Å². The van der Waals surface area contributed by atoms with Gasteiger partial charge in [-0.3, -0.25) is 4.79 Å². The fraction of sp³-hybridized carbons (Fsp3) is 0.455. The number of carbonyl (C=O) groups is 1.